The van der Waals surface area contributed by atoms with Crippen molar-refractivity contribution in [3.63, 3.8) is 0 Å². The molecule has 0 aliphatic carbocycles. The number of aromatic carboxylic acids is 1. The molecule has 1 N–H and O–H groups in total. The molecule has 0 atom stereocenters. The van der Waals surface area contributed by atoms with Gasteiger partial charge in [0.1, 0.15) is 11.3 Å². The molecule has 0 amide bonds. The lowest BCUT2D eigenvalue weighted by molar-refractivity contribution is 0.0695. The zero-order valence-electron chi connectivity index (χ0n) is 8.82. The van der Waals surface area contributed by atoms with Crippen LogP contribution in [0.3, 0.4) is 0 Å². The molecule has 0 aliphatic heterocycles. The van der Waals surface area contributed by atoms with Crippen molar-refractivity contribution >= 4 is 11.7 Å². The second-order valence-electron chi connectivity index (χ2n) is 3.82. The second-order valence-corrected chi connectivity index (χ2v) is 3.82. The van der Waals surface area contributed by atoms with Crippen molar-refractivity contribution < 1.29 is 9.90 Å². The molecule has 0 spiro atoms. The number of carboxylic acid groups (broad SMARTS) is 1. The zero-order chi connectivity index (χ0) is 10.8. The summed E-state index contributed by atoms with van der Waals surface area (Å²) in [5.74, 6) is -0.861. The van der Waals surface area contributed by atoms with E-state index in [1.807, 2.05) is 33.2 Å². The number of rotatable bonds is 3. The molecule has 0 fully saturated rings. The van der Waals surface area contributed by atoms with Crippen molar-refractivity contribution in [1.82, 2.24) is 4.48 Å². The lowest BCUT2D eigenvalue weighted by Gasteiger charge is -2.28. The summed E-state index contributed by atoms with van der Waals surface area (Å²) in [6.07, 6.45) is 0. The number of carbonyl (C=O) groups is 1. The lowest BCUT2D eigenvalue weighted by atomic mass is 10.1. The Bertz CT molecular complexity index is 345. The number of hydrogen-bond acceptors (Lipinski definition) is 1. The molecule has 3 nitrogen and oxygen atoms in total. The highest BCUT2D eigenvalue weighted by Gasteiger charge is 2.23. The van der Waals surface area contributed by atoms with E-state index in [2.05, 4.69) is 0 Å². The van der Waals surface area contributed by atoms with Crippen LogP contribution < -0.4 is 4.48 Å². The summed E-state index contributed by atoms with van der Waals surface area (Å²) in [7, 11) is 4.00. The van der Waals surface area contributed by atoms with Gasteiger partial charge < -0.3 is 5.11 Å². The average molecular weight is 194 g/mol. The fourth-order valence-electron chi connectivity index (χ4n) is 1.35. The van der Waals surface area contributed by atoms with Crippen LogP contribution in [-0.2, 0) is 0 Å². The molecular formula is C11H16NO2+. The lowest BCUT2D eigenvalue weighted by Crippen LogP contribution is -2.41. The van der Waals surface area contributed by atoms with Gasteiger partial charge in [-0.2, -0.15) is 0 Å². The molecule has 1 aromatic carbocycles. The van der Waals surface area contributed by atoms with Crippen LogP contribution in [0.1, 0.15) is 17.3 Å². The van der Waals surface area contributed by atoms with Crippen LogP contribution in [0.4, 0.5) is 5.69 Å². The SMILES string of the molecule is CC[N+](C)(C)c1ccccc1C(=O)O. The molecule has 0 bridgehead atoms. The monoisotopic (exact) mass is 194 g/mol. The van der Waals surface area contributed by atoms with Crippen molar-refractivity contribution in [2.75, 3.05) is 20.6 Å². The van der Waals surface area contributed by atoms with Gasteiger partial charge in [0.15, 0.2) is 0 Å². The van der Waals surface area contributed by atoms with Crippen LogP contribution in [0.5, 0.6) is 0 Å². The number of hydrogen-bond donors (Lipinski definition) is 1. The number of carboxylic acids is 1. The van der Waals surface area contributed by atoms with Gasteiger partial charge in [0.25, 0.3) is 0 Å². The average Bonchev–Trinajstić information content (AvgIpc) is 2.18. The van der Waals surface area contributed by atoms with Gasteiger partial charge in [-0.15, -0.1) is 0 Å². The van der Waals surface area contributed by atoms with Crippen LogP contribution in [0, 0.1) is 0 Å². The maximum atomic E-state index is 11.0. The Hall–Kier alpha value is -1.35. The summed E-state index contributed by atoms with van der Waals surface area (Å²) >= 11 is 0. The Morgan fingerprint density at radius 2 is 1.93 bits per heavy atom. The molecule has 0 saturated carbocycles. The standard InChI is InChI=1S/C11H15NO2/c1-4-12(2,3)10-8-6-5-7-9(10)11(13)14/h5-8H,4H2,1-3H3/p+1. The normalized spacial score (nSPS) is 11.4. The fraction of sp³-hybridized carbons (Fsp3) is 0.364. The van der Waals surface area contributed by atoms with Gasteiger partial charge in [-0.1, -0.05) is 12.1 Å². The van der Waals surface area contributed by atoms with Gasteiger partial charge in [-0.3, -0.25) is 4.48 Å². The van der Waals surface area contributed by atoms with E-state index in [-0.39, 0.29) is 0 Å². The third-order valence-electron chi connectivity index (χ3n) is 2.58. The molecular weight excluding hydrogens is 178 g/mol. The molecule has 1 aromatic rings. The molecule has 0 aliphatic rings. The minimum absolute atomic E-state index is 0.388. The van der Waals surface area contributed by atoms with Crippen molar-refractivity contribution in [3.05, 3.63) is 29.8 Å². The van der Waals surface area contributed by atoms with Crippen molar-refractivity contribution in [3.8, 4) is 0 Å². The van der Waals surface area contributed by atoms with Crippen LogP contribution in [0.2, 0.25) is 0 Å². The van der Waals surface area contributed by atoms with Crippen LogP contribution >= 0.6 is 0 Å². The van der Waals surface area contributed by atoms with Gasteiger partial charge in [-0.05, 0) is 13.0 Å². The molecule has 3 heteroatoms. The Balaban J connectivity index is 3.27. The highest BCUT2D eigenvalue weighted by molar-refractivity contribution is 5.93. The molecule has 76 valence electrons. The van der Waals surface area contributed by atoms with Crippen molar-refractivity contribution in [2.24, 2.45) is 0 Å². The van der Waals surface area contributed by atoms with E-state index in [0.29, 0.717) is 10.0 Å². The van der Waals surface area contributed by atoms with Gasteiger partial charge in [0, 0.05) is 6.07 Å². The highest BCUT2D eigenvalue weighted by atomic mass is 16.4. The summed E-state index contributed by atoms with van der Waals surface area (Å²) in [5.41, 5.74) is 1.24. The predicted molar refractivity (Wildman–Crippen MR) is 57.6 cm³/mol. The van der Waals surface area contributed by atoms with E-state index in [1.54, 1.807) is 12.1 Å². The summed E-state index contributed by atoms with van der Waals surface area (Å²) < 4.78 is 0.586. The minimum atomic E-state index is -0.861. The maximum Gasteiger partial charge on any atom is 0.341 e. The Morgan fingerprint density at radius 3 is 2.43 bits per heavy atom. The van der Waals surface area contributed by atoms with Gasteiger partial charge >= 0.3 is 5.97 Å². The quantitative estimate of drug-likeness (QED) is 0.747. The number of nitrogens with zero attached hydrogens (tertiary/aromatic N) is 1. The van der Waals surface area contributed by atoms with Gasteiger partial charge in [-0.25, -0.2) is 4.79 Å². The maximum absolute atomic E-state index is 11.0. The second kappa shape index (κ2) is 3.80. The Kier molecular flexibility index (Phi) is 2.91. The van der Waals surface area contributed by atoms with Gasteiger partial charge in [0.2, 0.25) is 0 Å². The fourth-order valence-corrected chi connectivity index (χ4v) is 1.35. The molecule has 1 rings (SSSR count). The highest BCUT2D eigenvalue weighted by Crippen LogP contribution is 2.23. The van der Waals surface area contributed by atoms with E-state index >= 15 is 0 Å². The minimum Gasteiger partial charge on any atom is -0.477 e. The van der Waals surface area contributed by atoms with Gasteiger partial charge in [0.05, 0.1) is 20.6 Å². The molecule has 0 heterocycles. The van der Waals surface area contributed by atoms with E-state index in [1.165, 1.54) is 0 Å². The molecule has 0 aromatic heterocycles. The van der Waals surface area contributed by atoms with Crippen LogP contribution in [-0.4, -0.2) is 31.7 Å². The largest absolute Gasteiger partial charge is 0.477 e. The van der Waals surface area contributed by atoms with Crippen LogP contribution in [0.25, 0.3) is 0 Å². The Morgan fingerprint density at radius 1 is 1.36 bits per heavy atom. The third-order valence-corrected chi connectivity index (χ3v) is 2.58. The first-order valence-corrected chi connectivity index (χ1v) is 4.65. The molecule has 14 heavy (non-hydrogen) atoms. The third kappa shape index (κ3) is 1.93. The Labute approximate surface area is 84.2 Å². The smallest absolute Gasteiger partial charge is 0.341 e. The number of quaternary nitrogens is 1. The summed E-state index contributed by atoms with van der Waals surface area (Å²) in [6.45, 7) is 2.91. The topological polar surface area (TPSA) is 37.3 Å². The first kappa shape index (κ1) is 10.7. The van der Waals surface area contributed by atoms with E-state index < -0.39 is 5.97 Å². The number of para-hydroxylation sites is 1. The molecule has 0 unspecified atom stereocenters. The van der Waals surface area contributed by atoms with E-state index in [4.69, 9.17) is 5.11 Å². The summed E-state index contributed by atoms with van der Waals surface area (Å²) in [5, 5.41) is 9.01. The van der Waals surface area contributed by atoms with Crippen molar-refractivity contribution in [1.29, 1.82) is 0 Å². The first-order chi connectivity index (χ1) is 6.49. The number of benzene rings is 1. The summed E-state index contributed by atoms with van der Waals surface area (Å²) in [4.78, 5) is 11.0. The van der Waals surface area contributed by atoms with E-state index in [9.17, 15) is 4.79 Å². The molecule has 0 saturated heterocycles. The zero-order valence-corrected chi connectivity index (χ0v) is 8.82. The first-order valence-electron chi connectivity index (χ1n) is 4.65. The van der Waals surface area contributed by atoms with E-state index in [0.717, 1.165) is 12.2 Å². The summed E-state index contributed by atoms with van der Waals surface area (Å²) in [6, 6.07) is 7.14. The molecule has 0 radical (unpaired) electrons. The van der Waals surface area contributed by atoms with Crippen LogP contribution in [0.15, 0.2) is 24.3 Å². The predicted octanol–water partition coefficient (Wildman–Crippen LogP) is 1.97. The van der Waals surface area contributed by atoms with Crippen molar-refractivity contribution in [2.45, 2.75) is 6.92 Å².